The van der Waals surface area contributed by atoms with E-state index in [-0.39, 0.29) is 16.0 Å². The van der Waals surface area contributed by atoms with Gasteiger partial charge in [-0.3, -0.25) is 9.69 Å². The molecule has 0 unspecified atom stereocenters. The number of sulfonamides is 1. The molecule has 0 N–H and O–H groups in total. The number of thioether (sulfide) groups is 1. The van der Waals surface area contributed by atoms with E-state index in [9.17, 15) is 13.2 Å². The highest BCUT2D eigenvalue weighted by molar-refractivity contribution is 8.19. The van der Waals surface area contributed by atoms with E-state index in [2.05, 4.69) is 4.40 Å². The molecule has 6 nitrogen and oxygen atoms in total. The van der Waals surface area contributed by atoms with E-state index >= 15 is 0 Å². The average molecular weight is 367 g/mol. The van der Waals surface area contributed by atoms with Crippen molar-refractivity contribution in [2.24, 2.45) is 4.40 Å². The van der Waals surface area contributed by atoms with Gasteiger partial charge in [0.1, 0.15) is 0 Å². The predicted molar refractivity (Wildman–Crippen MR) is 97.2 cm³/mol. The van der Waals surface area contributed by atoms with Gasteiger partial charge in [-0.15, -0.1) is 4.40 Å². The van der Waals surface area contributed by atoms with Gasteiger partial charge in [-0.1, -0.05) is 19.1 Å². The maximum atomic E-state index is 12.5. The van der Waals surface area contributed by atoms with Crippen LogP contribution in [0.5, 0.6) is 0 Å². The number of rotatable bonds is 5. The molecule has 1 aliphatic heterocycles. The van der Waals surface area contributed by atoms with E-state index < -0.39 is 10.0 Å². The fourth-order valence-corrected chi connectivity index (χ4v) is 4.45. The SMILES string of the molecule is CCc1ccc(S(=O)(=O)/N=C2\S/C(=C/N(C)C)C(=O)N2CC)cc1. The van der Waals surface area contributed by atoms with Crippen molar-refractivity contribution in [1.29, 1.82) is 0 Å². The van der Waals surface area contributed by atoms with Crippen molar-refractivity contribution in [3.05, 3.63) is 40.9 Å². The number of amidine groups is 1. The van der Waals surface area contributed by atoms with Gasteiger partial charge in [0, 0.05) is 26.8 Å². The van der Waals surface area contributed by atoms with Gasteiger partial charge in [-0.25, -0.2) is 0 Å². The average Bonchev–Trinajstić information content (AvgIpc) is 2.81. The zero-order valence-corrected chi connectivity index (χ0v) is 15.8. The third-order valence-corrected chi connectivity index (χ3v) is 5.80. The van der Waals surface area contributed by atoms with Crippen molar-refractivity contribution < 1.29 is 13.2 Å². The minimum Gasteiger partial charge on any atom is -0.382 e. The summed E-state index contributed by atoms with van der Waals surface area (Å²) in [5.41, 5.74) is 1.05. The van der Waals surface area contributed by atoms with Gasteiger partial charge in [-0.2, -0.15) is 8.42 Å². The van der Waals surface area contributed by atoms with Gasteiger partial charge in [0.25, 0.3) is 15.9 Å². The fraction of sp³-hybridized carbons (Fsp3) is 0.375. The molecule has 0 saturated carbocycles. The summed E-state index contributed by atoms with van der Waals surface area (Å²) in [7, 11) is -0.247. The second-order valence-electron chi connectivity index (χ2n) is 5.45. The first-order valence-electron chi connectivity index (χ1n) is 7.60. The Hall–Kier alpha value is -1.80. The van der Waals surface area contributed by atoms with Crippen LogP contribution in [0.25, 0.3) is 0 Å². The first kappa shape index (κ1) is 18.5. The second-order valence-corrected chi connectivity index (χ2v) is 8.07. The van der Waals surface area contributed by atoms with Crippen LogP contribution in [0.15, 0.2) is 44.7 Å². The van der Waals surface area contributed by atoms with E-state index in [1.165, 1.54) is 4.90 Å². The maximum Gasteiger partial charge on any atom is 0.284 e. The van der Waals surface area contributed by atoms with Crippen LogP contribution in [0.1, 0.15) is 19.4 Å². The Kier molecular flexibility index (Phi) is 5.71. The number of benzene rings is 1. The van der Waals surface area contributed by atoms with Crippen molar-refractivity contribution in [2.45, 2.75) is 25.2 Å². The Morgan fingerprint density at radius 1 is 1.21 bits per heavy atom. The number of carbonyl (C=O) groups excluding carboxylic acids is 1. The lowest BCUT2D eigenvalue weighted by atomic mass is 10.2. The monoisotopic (exact) mass is 367 g/mol. The molecule has 1 saturated heterocycles. The lowest BCUT2D eigenvalue weighted by molar-refractivity contribution is -0.122. The quantitative estimate of drug-likeness (QED) is 0.747. The largest absolute Gasteiger partial charge is 0.382 e. The van der Waals surface area contributed by atoms with E-state index in [0.717, 1.165) is 23.7 Å². The Morgan fingerprint density at radius 2 is 1.83 bits per heavy atom. The van der Waals surface area contributed by atoms with Crippen molar-refractivity contribution in [3.8, 4) is 0 Å². The molecule has 1 heterocycles. The van der Waals surface area contributed by atoms with Crippen LogP contribution in [0.2, 0.25) is 0 Å². The minimum absolute atomic E-state index is 0.126. The molecule has 2 rings (SSSR count). The van der Waals surface area contributed by atoms with Gasteiger partial charge >= 0.3 is 0 Å². The predicted octanol–water partition coefficient (Wildman–Crippen LogP) is 2.29. The number of hydrogen-bond acceptors (Lipinski definition) is 5. The lowest BCUT2D eigenvalue weighted by Gasteiger charge is -2.12. The molecule has 24 heavy (non-hydrogen) atoms. The Bertz CT molecular complexity index is 781. The number of likely N-dealkylation sites (N-methyl/N-ethyl adjacent to an activating group) is 1. The zero-order chi connectivity index (χ0) is 17.9. The normalized spacial score (nSPS) is 18.7. The van der Waals surface area contributed by atoms with Gasteiger partial charge in [0.15, 0.2) is 5.17 Å². The second kappa shape index (κ2) is 7.40. The Balaban J connectivity index is 2.38. The Morgan fingerprint density at radius 3 is 2.33 bits per heavy atom. The van der Waals surface area contributed by atoms with E-state index in [1.54, 1.807) is 56.4 Å². The standard InChI is InChI=1S/C16H21N3O3S2/c1-5-12-7-9-13(10-8-12)24(21,22)17-16-19(6-2)15(20)14(23-16)11-18(3)4/h7-11H,5-6H2,1-4H3/b14-11+,17-16-. The molecule has 0 aliphatic carbocycles. The van der Waals surface area contributed by atoms with Crippen LogP contribution in [-0.4, -0.2) is 49.9 Å². The smallest absolute Gasteiger partial charge is 0.284 e. The molecule has 130 valence electrons. The molecular formula is C16H21N3O3S2. The maximum absolute atomic E-state index is 12.5. The van der Waals surface area contributed by atoms with Gasteiger partial charge in [0.05, 0.1) is 9.80 Å². The summed E-state index contributed by atoms with van der Waals surface area (Å²) in [5.74, 6) is -0.230. The summed E-state index contributed by atoms with van der Waals surface area (Å²) < 4.78 is 28.9. The molecule has 0 bridgehead atoms. The molecule has 1 aromatic rings. The summed E-state index contributed by atoms with van der Waals surface area (Å²) in [6.07, 6.45) is 2.50. The van der Waals surface area contributed by atoms with Crippen LogP contribution in [0, 0.1) is 0 Å². The number of carbonyl (C=O) groups is 1. The number of aryl methyl sites for hydroxylation is 1. The first-order valence-corrected chi connectivity index (χ1v) is 9.86. The molecule has 8 heteroatoms. The van der Waals surface area contributed by atoms with Crippen LogP contribution in [-0.2, 0) is 21.2 Å². The summed E-state index contributed by atoms with van der Waals surface area (Å²) in [6, 6.07) is 6.64. The molecule has 1 aromatic carbocycles. The summed E-state index contributed by atoms with van der Waals surface area (Å²) in [4.78, 5) is 16.0. The van der Waals surface area contributed by atoms with Crippen molar-refractivity contribution >= 4 is 32.9 Å². The van der Waals surface area contributed by atoms with Crippen molar-refractivity contribution in [1.82, 2.24) is 9.80 Å². The summed E-state index contributed by atoms with van der Waals surface area (Å²) >= 11 is 1.08. The molecule has 0 spiro atoms. The van der Waals surface area contributed by atoms with Crippen molar-refractivity contribution in [3.63, 3.8) is 0 Å². The molecule has 0 aromatic heterocycles. The molecular weight excluding hydrogens is 346 g/mol. The minimum atomic E-state index is -3.85. The van der Waals surface area contributed by atoms with Crippen LogP contribution in [0.3, 0.4) is 0 Å². The van der Waals surface area contributed by atoms with Gasteiger partial charge in [-0.05, 0) is 42.8 Å². The van der Waals surface area contributed by atoms with E-state index in [0.29, 0.717) is 11.4 Å². The van der Waals surface area contributed by atoms with Crippen LogP contribution in [0.4, 0.5) is 0 Å². The highest BCUT2D eigenvalue weighted by atomic mass is 32.2. The summed E-state index contributed by atoms with van der Waals surface area (Å²) in [5, 5.41) is 0.190. The molecule has 0 atom stereocenters. The third kappa shape index (κ3) is 3.99. The molecule has 1 fully saturated rings. The number of hydrogen-bond donors (Lipinski definition) is 0. The highest BCUT2D eigenvalue weighted by Gasteiger charge is 2.34. The first-order chi connectivity index (χ1) is 11.3. The summed E-state index contributed by atoms with van der Waals surface area (Å²) in [6.45, 7) is 4.15. The van der Waals surface area contributed by atoms with E-state index in [4.69, 9.17) is 0 Å². The van der Waals surface area contributed by atoms with Gasteiger partial charge in [0.2, 0.25) is 0 Å². The van der Waals surface area contributed by atoms with Crippen molar-refractivity contribution in [2.75, 3.05) is 20.6 Å². The highest BCUT2D eigenvalue weighted by Crippen LogP contribution is 2.32. The number of amides is 1. The number of nitrogens with zero attached hydrogens (tertiary/aromatic N) is 3. The topological polar surface area (TPSA) is 70.0 Å². The molecule has 0 radical (unpaired) electrons. The Labute approximate surface area is 147 Å². The third-order valence-electron chi connectivity index (χ3n) is 3.41. The molecule has 1 amide bonds. The fourth-order valence-electron chi connectivity index (χ4n) is 2.13. The lowest BCUT2D eigenvalue weighted by Crippen LogP contribution is -2.29. The zero-order valence-electron chi connectivity index (χ0n) is 14.2. The molecule has 1 aliphatic rings. The van der Waals surface area contributed by atoms with Gasteiger partial charge < -0.3 is 4.90 Å². The van der Waals surface area contributed by atoms with Crippen LogP contribution >= 0.6 is 11.8 Å². The van der Waals surface area contributed by atoms with Crippen LogP contribution < -0.4 is 0 Å². The van der Waals surface area contributed by atoms with E-state index in [1.807, 2.05) is 6.92 Å².